The van der Waals surface area contributed by atoms with E-state index in [9.17, 15) is 23.1 Å². The molecular weight excluding hydrogens is 575 g/mol. The van der Waals surface area contributed by atoms with Gasteiger partial charge in [0.05, 0.1) is 29.9 Å². The molecule has 1 N–H and O–H groups in total. The van der Waals surface area contributed by atoms with Crippen LogP contribution in [-0.2, 0) is 24.3 Å². The summed E-state index contributed by atoms with van der Waals surface area (Å²) in [5.74, 6) is -1.72. The molecule has 8 nitrogen and oxygen atoms in total. The Morgan fingerprint density at radius 2 is 1.65 bits per heavy atom. The molecule has 3 aromatic carbocycles. The molecule has 1 unspecified atom stereocenters. The average molecular weight is 604 g/mol. The molecule has 0 spiro atoms. The molecule has 1 heterocycles. The highest BCUT2D eigenvalue weighted by molar-refractivity contribution is 7.93. The third kappa shape index (κ3) is 6.12. The number of anilines is 1. The molecule has 0 radical (unpaired) electrons. The lowest BCUT2D eigenvalue weighted by Crippen LogP contribution is -2.53. The Hall–Kier alpha value is -3.11. The molecule has 11 heteroatoms. The summed E-state index contributed by atoms with van der Waals surface area (Å²) >= 11 is 12.5. The highest BCUT2D eigenvalue weighted by Gasteiger charge is 2.46. The van der Waals surface area contributed by atoms with Crippen LogP contribution in [0.15, 0.2) is 78.9 Å². The predicted octanol–water partition coefficient (Wildman–Crippen LogP) is 5.48. The average Bonchev–Trinajstić information content (AvgIpc) is 3.78. The number of halogens is 2. The second-order valence-corrected chi connectivity index (χ2v) is 12.9. The first-order valence-electron chi connectivity index (χ1n) is 12.9. The number of aliphatic carboxylic acids is 1. The van der Waals surface area contributed by atoms with Crippen molar-refractivity contribution in [1.82, 2.24) is 4.90 Å². The van der Waals surface area contributed by atoms with Gasteiger partial charge in [0, 0.05) is 16.6 Å². The summed E-state index contributed by atoms with van der Waals surface area (Å²) in [6, 6.07) is 22.0. The van der Waals surface area contributed by atoms with E-state index in [1.165, 1.54) is 9.21 Å². The molecule has 1 saturated heterocycles. The van der Waals surface area contributed by atoms with Crippen LogP contribution >= 0.6 is 23.2 Å². The number of sulfonamides is 1. The maximum Gasteiger partial charge on any atom is 0.306 e. The van der Waals surface area contributed by atoms with E-state index in [4.69, 9.17) is 27.9 Å². The highest BCUT2D eigenvalue weighted by Crippen LogP contribution is 2.43. The van der Waals surface area contributed by atoms with Crippen molar-refractivity contribution in [2.24, 2.45) is 0 Å². The zero-order valence-electron chi connectivity index (χ0n) is 21.4. The van der Waals surface area contributed by atoms with Crippen molar-refractivity contribution in [3.8, 4) is 0 Å². The maximum absolute atomic E-state index is 13.8. The summed E-state index contributed by atoms with van der Waals surface area (Å²) in [6.07, 6.45) is -1.40. The van der Waals surface area contributed by atoms with E-state index >= 15 is 0 Å². The van der Waals surface area contributed by atoms with Gasteiger partial charge in [-0.05, 0) is 60.4 Å². The van der Waals surface area contributed by atoms with Gasteiger partial charge in [0.2, 0.25) is 10.0 Å². The van der Waals surface area contributed by atoms with E-state index < -0.39 is 51.8 Å². The lowest BCUT2D eigenvalue weighted by molar-refractivity contribution is -0.178. The molecule has 5 rings (SSSR count). The van der Waals surface area contributed by atoms with Crippen LogP contribution in [0.25, 0.3) is 0 Å². The van der Waals surface area contributed by atoms with Crippen molar-refractivity contribution in [2.75, 3.05) is 17.4 Å². The van der Waals surface area contributed by atoms with Gasteiger partial charge in [0.25, 0.3) is 5.91 Å². The standard InChI is InChI=1S/C29H28Cl2N2O6S/c30-21-11-9-19(10-12-21)27-28(20-5-4-6-22(31)17-20)39-25(18-26(34)35)29(36)32(27)15-16-33(23-7-2-1-3-8-23)40(37,38)24-13-14-24/h1-12,17,24-25,27-28H,13-16,18H2,(H,34,35)/t25-,27+,28?/m0/s1. The van der Waals surface area contributed by atoms with Crippen molar-refractivity contribution in [3.63, 3.8) is 0 Å². The van der Waals surface area contributed by atoms with Crippen LogP contribution < -0.4 is 4.31 Å². The Morgan fingerprint density at radius 3 is 2.27 bits per heavy atom. The summed E-state index contributed by atoms with van der Waals surface area (Å²) in [5, 5.41) is 10.1. The minimum atomic E-state index is -3.66. The summed E-state index contributed by atoms with van der Waals surface area (Å²) in [4.78, 5) is 27.0. The number of carboxylic acids is 1. The number of carbonyl (C=O) groups is 2. The van der Waals surface area contributed by atoms with Gasteiger partial charge in [-0.1, -0.05) is 65.7 Å². The molecule has 3 aromatic rings. The number of carboxylic acid groups (broad SMARTS) is 1. The Morgan fingerprint density at radius 1 is 0.950 bits per heavy atom. The van der Waals surface area contributed by atoms with Gasteiger partial charge in [-0.3, -0.25) is 13.9 Å². The van der Waals surface area contributed by atoms with Crippen molar-refractivity contribution in [2.45, 2.75) is 42.8 Å². The topological polar surface area (TPSA) is 104 Å². The van der Waals surface area contributed by atoms with Gasteiger partial charge in [0.1, 0.15) is 12.2 Å². The molecule has 1 saturated carbocycles. The van der Waals surface area contributed by atoms with Crippen molar-refractivity contribution in [3.05, 3.63) is 100 Å². The fourth-order valence-electron chi connectivity index (χ4n) is 5.04. The van der Waals surface area contributed by atoms with Crippen LogP contribution in [0.3, 0.4) is 0 Å². The Kier molecular flexibility index (Phi) is 8.37. The van der Waals surface area contributed by atoms with E-state index in [1.807, 2.05) is 0 Å². The third-order valence-corrected chi connectivity index (χ3v) is 9.89. The number of morpholine rings is 1. The molecule has 2 aliphatic rings. The lowest BCUT2D eigenvalue weighted by atomic mass is 9.91. The Bertz CT molecular complexity index is 1480. The summed E-state index contributed by atoms with van der Waals surface area (Å²) in [7, 11) is -3.66. The van der Waals surface area contributed by atoms with E-state index in [1.54, 1.807) is 78.9 Å². The fourth-order valence-corrected chi connectivity index (χ4v) is 7.21. The van der Waals surface area contributed by atoms with Crippen LogP contribution in [0.5, 0.6) is 0 Å². The second kappa shape index (κ2) is 11.8. The van der Waals surface area contributed by atoms with E-state index in [-0.39, 0.29) is 13.1 Å². The number of para-hydroxylation sites is 1. The van der Waals surface area contributed by atoms with Gasteiger partial charge in [-0.25, -0.2) is 8.42 Å². The van der Waals surface area contributed by atoms with Crippen LogP contribution in [0.4, 0.5) is 5.69 Å². The van der Waals surface area contributed by atoms with Crippen LogP contribution in [-0.4, -0.2) is 54.7 Å². The normalized spacial score (nSPS) is 21.3. The molecule has 1 amide bonds. The van der Waals surface area contributed by atoms with Gasteiger partial charge >= 0.3 is 5.97 Å². The first-order chi connectivity index (χ1) is 19.1. The quantitative estimate of drug-likeness (QED) is 0.330. The largest absolute Gasteiger partial charge is 0.481 e. The monoisotopic (exact) mass is 602 g/mol. The minimum absolute atomic E-state index is 0.00349. The summed E-state index contributed by atoms with van der Waals surface area (Å²) in [5.41, 5.74) is 1.87. The molecule has 1 aliphatic carbocycles. The Balaban J connectivity index is 1.56. The molecule has 3 atom stereocenters. The molecule has 0 aromatic heterocycles. The first kappa shape index (κ1) is 28.4. The molecule has 210 valence electrons. The Labute approximate surface area is 243 Å². The highest BCUT2D eigenvalue weighted by atomic mass is 35.5. The minimum Gasteiger partial charge on any atom is -0.481 e. The maximum atomic E-state index is 13.8. The predicted molar refractivity (Wildman–Crippen MR) is 153 cm³/mol. The summed E-state index contributed by atoms with van der Waals surface area (Å²) in [6.45, 7) is -0.00967. The van der Waals surface area contributed by atoms with E-state index in [0.29, 0.717) is 39.7 Å². The number of nitrogens with zero attached hydrogens (tertiary/aromatic N) is 2. The number of rotatable bonds is 10. The molecular formula is C29H28Cl2N2O6S. The third-order valence-electron chi connectivity index (χ3n) is 7.08. The van der Waals surface area contributed by atoms with Gasteiger partial charge < -0.3 is 14.7 Å². The fraction of sp³-hybridized carbons (Fsp3) is 0.310. The van der Waals surface area contributed by atoms with Gasteiger partial charge in [0.15, 0.2) is 0 Å². The van der Waals surface area contributed by atoms with Crippen LogP contribution in [0.1, 0.15) is 42.5 Å². The number of carbonyl (C=O) groups excluding carboxylic acids is 1. The van der Waals surface area contributed by atoms with E-state index in [2.05, 4.69) is 0 Å². The van der Waals surface area contributed by atoms with Crippen LogP contribution in [0, 0.1) is 0 Å². The van der Waals surface area contributed by atoms with Crippen LogP contribution in [0.2, 0.25) is 10.0 Å². The van der Waals surface area contributed by atoms with Crippen molar-refractivity contribution >= 4 is 50.8 Å². The zero-order chi connectivity index (χ0) is 28.4. The number of benzene rings is 3. The van der Waals surface area contributed by atoms with Gasteiger partial charge in [-0.15, -0.1) is 0 Å². The molecule has 40 heavy (non-hydrogen) atoms. The van der Waals surface area contributed by atoms with Gasteiger partial charge in [-0.2, -0.15) is 0 Å². The van der Waals surface area contributed by atoms with E-state index in [0.717, 1.165) is 0 Å². The molecule has 1 aliphatic heterocycles. The number of hydrogen-bond acceptors (Lipinski definition) is 5. The molecule has 2 fully saturated rings. The second-order valence-electron chi connectivity index (χ2n) is 9.88. The number of hydrogen-bond donors (Lipinski definition) is 1. The first-order valence-corrected chi connectivity index (χ1v) is 15.2. The SMILES string of the molecule is O=C(O)C[C@@H]1OC(c2cccc(Cl)c2)[C@@H](c2ccc(Cl)cc2)N(CCN(c2ccccc2)S(=O)(=O)C2CC2)C1=O. The number of amides is 1. The lowest BCUT2D eigenvalue weighted by Gasteiger charge is -2.45. The van der Waals surface area contributed by atoms with Crippen molar-refractivity contribution < 1.29 is 27.9 Å². The summed E-state index contributed by atoms with van der Waals surface area (Å²) < 4.78 is 34.5. The molecule has 0 bridgehead atoms. The van der Waals surface area contributed by atoms with Crippen molar-refractivity contribution in [1.29, 1.82) is 0 Å². The number of ether oxygens (including phenoxy) is 1. The zero-order valence-corrected chi connectivity index (χ0v) is 23.7. The smallest absolute Gasteiger partial charge is 0.306 e.